The first-order chi connectivity index (χ1) is 8.72. The molecule has 1 aromatic rings. The van der Waals surface area contributed by atoms with Crippen LogP contribution >= 0.6 is 15.9 Å². The summed E-state index contributed by atoms with van der Waals surface area (Å²) in [7, 11) is 1.70. The molecule has 0 radical (unpaired) electrons. The van der Waals surface area contributed by atoms with E-state index in [0.29, 0.717) is 6.04 Å². The Kier molecular flexibility index (Phi) is 5.07. The molecular weight excluding hydrogens is 290 g/mol. The largest absolute Gasteiger partial charge is 0.496 e. The van der Waals surface area contributed by atoms with Gasteiger partial charge in [0, 0.05) is 12.6 Å². The number of hydrogen-bond acceptors (Lipinski definition) is 2. The highest BCUT2D eigenvalue weighted by atomic mass is 79.9. The lowest BCUT2D eigenvalue weighted by atomic mass is 10.1. The topological polar surface area (TPSA) is 21.3 Å². The van der Waals surface area contributed by atoms with E-state index in [2.05, 4.69) is 40.3 Å². The molecule has 0 aliphatic heterocycles. The van der Waals surface area contributed by atoms with Gasteiger partial charge in [-0.15, -0.1) is 0 Å². The molecular formula is C15H22BrNO. The Morgan fingerprint density at radius 1 is 1.44 bits per heavy atom. The van der Waals surface area contributed by atoms with Gasteiger partial charge in [0.25, 0.3) is 0 Å². The lowest BCUT2D eigenvalue weighted by molar-refractivity contribution is 0.411. The molecule has 0 amide bonds. The molecule has 0 bridgehead atoms. The van der Waals surface area contributed by atoms with E-state index >= 15 is 0 Å². The van der Waals surface area contributed by atoms with Gasteiger partial charge in [0.15, 0.2) is 0 Å². The van der Waals surface area contributed by atoms with Gasteiger partial charge >= 0.3 is 0 Å². The van der Waals surface area contributed by atoms with E-state index < -0.39 is 0 Å². The SMILES string of the molecule is CCC(CC1CC1)NCc1ccc(OC)c(Br)c1. The highest BCUT2D eigenvalue weighted by Crippen LogP contribution is 2.34. The van der Waals surface area contributed by atoms with Crippen molar-refractivity contribution in [1.82, 2.24) is 5.32 Å². The van der Waals surface area contributed by atoms with Gasteiger partial charge in [0.1, 0.15) is 5.75 Å². The molecule has 1 aromatic carbocycles. The molecule has 0 spiro atoms. The van der Waals surface area contributed by atoms with Crippen molar-refractivity contribution in [2.75, 3.05) is 7.11 Å². The molecule has 1 aliphatic rings. The van der Waals surface area contributed by atoms with Crippen molar-refractivity contribution in [3.05, 3.63) is 28.2 Å². The van der Waals surface area contributed by atoms with Crippen molar-refractivity contribution in [3.63, 3.8) is 0 Å². The van der Waals surface area contributed by atoms with E-state index in [4.69, 9.17) is 4.74 Å². The Morgan fingerprint density at radius 2 is 2.22 bits per heavy atom. The van der Waals surface area contributed by atoms with Crippen LogP contribution in [0.4, 0.5) is 0 Å². The van der Waals surface area contributed by atoms with Crippen LogP contribution in [-0.4, -0.2) is 13.2 Å². The third kappa shape index (κ3) is 3.99. The summed E-state index contributed by atoms with van der Waals surface area (Å²) in [4.78, 5) is 0. The first kappa shape index (κ1) is 13.9. The number of halogens is 1. The summed E-state index contributed by atoms with van der Waals surface area (Å²) in [6.45, 7) is 3.21. The van der Waals surface area contributed by atoms with E-state index in [-0.39, 0.29) is 0 Å². The predicted molar refractivity (Wildman–Crippen MR) is 79.0 cm³/mol. The van der Waals surface area contributed by atoms with Gasteiger partial charge in [-0.25, -0.2) is 0 Å². The van der Waals surface area contributed by atoms with Gasteiger partial charge in [-0.3, -0.25) is 0 Å². The molecule has 1 saturated carbocycles. The van der Waals surface area contributed by atoms with E-state index in [1.165, 1.54) is 31.2 Å². The van der Waals surface area contributed by atoms with Crippen molar-refractivity contribution in [1.29, 1.82) is 0 Å². The zero-order valence-electron chi connectivity index (χ0n) is 11.2. The summed E-state index contributed by atoms with van der Waals surface area (Å²) in [5, 5.41) is 3.66. The first-order valence-corrected chi connectivity index (χ1v) is 7.58. The highest BCUT2D eigenvalue weighted by Gasteiger charge is 2.24. The third-order valence-corrected chi connectivity index (χ3v) is 4.24. The van der Waals surface area contributed by atoms with Crippen LogP contribution in [0.3, 0.4) is 0 Å². The van der Waals surface area contributed by atoms with Crippen LogP contribution in [0.2, 0.25) is 0 Å². The van der Waals surface area contributed by atoms with Crippen molar-refractivity contribution in [3.8, 4) is 5.75 Å². The van der Waals surface area contributed by atoms with Crippen molar-refractivity contribution in [2.45, 2.75) is 45.2 Å². The minimum absolute atomic E-state index is 0.665. The monoisotopic (exact) mass is 311 g/mol. The summed E-state index contributed by atoms with van der Waals surface area (Å²) in [5.74, 6) is 1.88. The number of ether oxygens (including phenoxy) is 1. The normalized spacial score (nSPS) is 16.6. The maximum Gasteiger partial charge on any atom is 0.133 e. The Bertz CT molecular complexity index is 390. The van der Waals surface area contributed by atoms with Gasteiger partial charge in [-0.1, -0.05) is 25.8 Å². The highest BCUT2D eigenvalue weighted by molar-refractivity contribution is 9.10. The Hall–Kier alpha value is -0.540. The third-order valence-electron chi connectivity index (χ3n) is 3.62. The summed E-state index contributed by atoms with van der Waals surface area (Å²) in [6, 6.07) is 6.94. The van der Waals surface area contributed by atoms with Crippen molar-refractivity contribution in [2.24, 2.45) is 5.92 Å². The van der Waals surface area contributed by atoms with E-state index in [1.54, 1.807) is 7.11 Å². The molecule has 1 fully saturated rings. The molecule has 0 saturated heterocycles. The molecule has 0 heterocycles. The lowest BCUT2D eigenvalue weighted by Gasteiger charge is -2.17. The second-order valence-electron chi connectivity index (χ2n) is 5.13. The van der Waals surface area contributed by atoms with Gasteiger partial charge in [0.2, 0.25) is 0 Å². The summed E-state index contributed by atoms with van der Waals surface area (Å²) in [5.41, 5.74) is 1.30. The summed E-state index contributed by atoms with van der Waals surface area (Å²) < 4.78 is 6.27. The zero-order chi connectivity index (χ0) is 13.0. The van der Waals surface area contributed by atoms with Crippen LogP contribution in [0.15, 0.2) is 22.7 Å². The minimum atomic E-state index is 0.665. The fraction of sp³-hybridized carbons (Fsp3) is 0.600. The molecule has 1 N–H and O–H groups in total. The summed E-state index contributed by atoms with van der Waals surface area (Å²) in [6.07, 6.45) is 5.43. The van der Waals surface area contributed by atoms with Crippen LogP contribution in [0.25, 0.3) is 0 Å². The zero-order valence-corrected chi connectivity index (χ0v) is 12.8. The number of hydrogen-bond donors (Lipinski definition) is 1. The smallest absolute Gasteiger partial charge is 0.133 e. The molecule has 1 atom stereocenters. The van der Waals surface area contributed by atoms with Gasteiger partial charge in [0.05, 0.1) is 11.6 Å². The number of benzene rings is 1. The van der Waals surface area contributed by atoms with Crippen LogP contribution in [0.1, 0.15) is 38.2 Å². The van der Waals surface area contributed by atoms with Crippen molar-refractivity contribution >= 4 is 15.9 Å². The van der Waals surface area contributed by atoms with E-state index in [0.717, 1.165) is 22.7 Å². The molecule has 1 aliphatic carbocycles. The minimum Gasteiger partial charge on any atom is -0.496 e. The second-order valence-corrected chi connectivity index (χ2v) is 5.99. The molecule has 100 valence electrons. The summed E-state index contributed by atoms with van der Waals surface area (Å²) >= 11 is 3.53. The molecule has 3 heteroatoms. The Balaban J connectivity index is 1.86. The van der Waals surface area contributed by atoms with Gasteiger partial charge in [-0.05, 0) is 52.4 Å². The van der Waals surface area contributed by atoms with Crippen molar-refractivity contribution < 1.29 is 4.74 Å². The second kappa shape index (κ2) is 6.58. The number of nitrogens with one attached hydrogen (secondary N) is 1. The van der Waals surface area contributed by atoms with Crippen LogP contribution < -0.4 is 10.1 Å². The van der Waals surface area contributed by atoms with E-state index in [9.17, 15) is 0 Å². The number of methoxy groups -OCH3 is 1. The van der Waals surface area contributed by atoms with Crippen LogP contribution in [0, 0.1) is 5.92 Å². The average molecular weight is 312 g/mol. The van der Waals surface area contributed by atoms with Crippen LogP contribution in [-0.2, 0) is 6.54 Å². The fourth-order valence-corrected chi connectivity index (χ4v) is 2.82. The molecule has 2 nitrogen and oxygen atoms in total. The maximum absolute atomic E-state index is 5.24. The fourth-order valence-electron chi connectivity index (χ4n) is 2.23. The number of rotatable bonds is 7. The predicted octanol–water partition coefficient (Wildman–Crippen LogP) is 4.13. The molecule has 1 unspecified atom stereocenters. The Morgan fingerprint density at radius 3 is 2.78 bits per heavy atom. The molecule has 18 heavy (non-hydrogen) atoms. The maximum atomic E-state index is 5.24. The standard InChI is InChI=1S/C15H22BrNO/c1-3-13(8-11-4-5-11)17-10-12-6-7-15(18-2)14(16)9-12/h6-7,9,11,13,17H,3-5,8,10H2,1-2H3. The van der Waals surface area contributed by atoms with Gasteiger partial charge < -0.3 is 10.1 Å². The van der Waals surface area contributed by atoms with Crippen LogP contribution in [0.5, 0.6) is 5.75 Å². The first-order valence-electron chi connectivity index (χ1n) is 6.78. The molecule has 2 rings (SSSR count). The Labute approximate surface area is 118 Å². The quantitative estimate of drug-likeness (QED) is 0.817. The average Bonchev–Trinajstić information content (AvgIpc) is 3.18. The molecule has 0 aromatic heterocycles. The lowest BCUT2D eigenvalue weighted by Crippen LogP contribution is -2.28. The van der Waals surface area contributed by atoms with Gasteiger partial charge in [-0.2, -0.15) is 0 Å². The van der Waals surface area contributed by atoms with E-state index in [1.807, 2.05) is 6.07 Å².